The predicted octanol–water partition coefficient (Wildman–Crippen LogP) is 9.86. The Kier molecular flexibility index (Phi) is 22.0. The molecule has 1 aliphatic carbocycles. The van der Waals surface area contributed by atoms with E-state index in [4.69, 9.17) is 37.0 Å². The van der Waals surface area contributed by atoms with Gasteiger partial charge in [0.05, 0.1) is 51.9 Å². The van der Waals surface area contributed by atoms with Crippen LogP contribution in [0.4, 0.5) is 0 Å². The van der Waals surface area contributed by atoms with Crippen LogP contribution in [-0.4, -0.2) is 148 Å². The van der Waals surface area contributed by atoms with E-state index >= 15 is 4.79 Å². The van der Waals surface area contributed by atoms with Gasteiger partial charge >= 0.3 is 5.97 Å². The Labute approximate surface area is 520 Å². The van der Waals surface area contributed by atoms with Crippen LogP contribution in [0.15, 0.2) is 96.6 Å². The molecule has 2 N–H and O–H groups in total. The fourth-order valence-electron chi connectivity index (χ4n) is 12.9. The molecule has 6 rings (SSSR count). The van der Waals surface area contributed by atoms with Crippen LogP contribution in [0.5, 0.6) is 0 Å². The summed E-state index contributed by atoms with van der Waals surface area (Å²) in [5, 5.41) is 25.4. The average molecular weight is 1210 g/mol. The van der Waals surface area contributed by atoms with E-state index in [1.165, 1.54) is 14.2 Å². The number of rotatable bonds is 13. The smallest absolute Gasteiger partial charge is 0.329 e. The van der Waals surface area contributed by atoms with Gasteiger partial charge in [0.15, 0.2) is 5.78 Å². The number of fused-ring (bicyclic) bond motifs is 3. The number of Topliss-reactive ketones (excluding diaryl/α,β-unsaturated/α-hetero) is 3. The van der Waals surface area contributed by atoms with E-state index in [0.29, 0.717) is 12.8 Å². The molecule has 472 valence electrons. The first kappa shape index (κ1) is 58.2. The predicted molar refractivity (Wildman–Crippen MR) is 332 cm³/mol. The Morgan fingerprint density at radius 3 is 2.14 bits per heavy atom. The van der Waals surface area contributed by atoms with Crippen molar-refractivity contribution < 1.29 is 78.0 Å². The van der Waals surface area contributed by atoms with Crippen LogP contribution < -0.4 is 10.4 Å². The van der Waals surface area contributed by atoms with Crippen LogP contribution in [0, 0.1) is 41.4 Å². The minimum absolute atomic E-state index is 0.0310. The standard InChI is InChI=1S/C69H103NO14Si/c1-45-25-17-14-18-26-46(2)59(78-11)43-53-34-32-51(7)69(77,84-53)65(74)66(75)70-36-24-23-31-56(70)67(76)83-60(44-57(71)47(3)40-50(6)63(73)64(80-13)62(72)49(5)39-45)48(4)41-52-33-35-58(61(42-52)79-12)81-37-38-82-85(68(8,9)10,54-27-19-15-20-28-54)55-29-21-16-22-30-55/h14-22,25-30,45,47-53,56,58-61,63-64,73,77H,23-24,31-44H2,1-13H3/b18-14+,25-17+,46-26+/t45-,47-,48-,49-,50+,51-,52+,53+,56+,58-,59+,60+,61-,63-,64+,69-/m1/s1/i12T3,35T2,56T,58T,61T. The summed E-state index contributed by atoms with van der Waals surface area (Å²) in [7, 11) is -3.66. The van der Waals surface area contributed by atoms with Gasteiger partial charge in [-0.3, -0.25) is 19.2 Å². The molecule has 2 bridgehead atoms. The SMILES string of the molecule is [3H]C([3H])([3H])O[C@]1([3H])C[C@H](C[C@@H](C)[C@@H]2CC(=O)[C@H](C)C[C@H](C)[C@@H](O)[C@@H](OC)C(=O)[C@H](C)C[C@H](C)/C=C/C=C/C=C(\C)[C@@H](OC)C[C@@H]3CC[C@@H](C)[C@@](O)(O3)C(=O)C(=O)N3CCCC[C@@]3([3H])C(=O)O2)CC([3H])([3H])[C@@]1([3H])OCCO[Si](c1ccccc1)(c1ccccc1)C(C)(C)C. The van der Waals surface area contributed by atoms with Crippen molar-refractivity contribution in [2.75, 3.05) is 41.0 Å². The fraction of sp³-hybridized carbons (Fsp3) is 0.667. The van der Waals surface area contributed by atoms with E-state index < -0.39 is 166 Å². The first-order valence-electron chi connectivity index (χ1n) is 34.7. The summed E-state index contributed by atoms with van der Waals surface area (Å²) in [6.45, 7) is 17.4. The van der Waals surface area contributed by atoms with Crippen LogP contribution >= 0.6 is 0 Å². The number of cyclic esters (lactones) is 1. The second-order valence-corrected chi connectivity index (χ2v) is 29.8. The van der Waals surface area contributed by atoms with E-state index in [1.54, 1.807) is 34.6 Å². The van der Waals surface area contributed by atoms with Crippen LogP contribution in [0.3, 0.4) is 0 Å². The van der Waals surface area contributed by atoms with E-state index in [2.05, 4.69) is 20.8 Å². The van der Waals surface area contributed by atoms with Crippen LogP contribution in [-0.2, 0) is 56.8 Å². The highest BCUT2D eigenvalue weighted by atomic mass is 28.4. The summed E-state index contributed by atoms with van der Waals surface area (Å²) in [4.78, 5) is 73.8. The molecule has 2 saturated heterocycles. The van der Waals surface area contributed by atoms with Gasteiger partial charge in [0.2, 0.25) is 5.79 Å². The highest BCUT2D eigenvalue weighted by Gasteiger charge is 2.54. The van der Waals surface area contributed by atoms with Gasteiger partial charge in [-0.15, -0.1) is 0 Å². The zero-order valence-electron chi connectivity index (χ0n) is 60.4. The molecule has 0 radical (unpaired) electrons. The number of carbonyl (C=O) groups is 5. The van der Waals surface area contributed by atoms with Gasteiger partial charge in [0.1, 0.15) is 24.0 Å². The lowest BCUT2D eigenvalue weighted by molar-refractivity contribution is -0.265. The van der Waals surface area contributed by atoms with Gasteiger partial charge in [0, 0.05) is 61.1 Å². The van der Waals surface area contributed by atoms with Crippen molar-refractivity contribution in [3.8, 4) is 0 Å². The van der Waals surface area contributed by atoms with E-state index in [9.17, 15) is 36.2 Å². The minimum atomic E-state index is -3.33. The third-order valence-corrected chi connectivity index (χ3v) is 23.0. The van der Waals surface area contributed by atoms with Gasteiger partial charge in [-0.1, -0.05) is 153 Å². The maximum atomic E-state index is 15.0. The molecule has 1 saturated carbocycles. The molecule has 4 aliphatic rings. The number of carbonyl (C=O) groups excluding carboxylic acids is 5. The molecule has 0 unspecified atom stereocenters. The maximum absolute atomic E-state index is 15.0. The summed E-state index contributed by atoms with van der Waals surface area (Å²) >= 11 is 0. The van der Waals surface area contributed by atoms with Gasteiger partial charge in [-0.25, -0.2) is 4.79 Å². The van der Waals surface area contributed by atoms with Crippen molar-refractivity contribution in [2.45, 2.75) is 212 Å². The lowest BCUT2D eigenvalue weighted by Crippen LogP contribution is -2.66. The lowest BCUT2D eigenvalue weighted by atomic mass is 9.78. The van der Waals surface area contributed by atoms with E-state index in [1.807, 2.05) is 105 Å². The first-order valence-corrected chi connectivity index (χ1v) is 32.6. The van der Waals surface area contributed by atoms with Gasteiger partial charge in [-0.2, -0.15) is 0 Å². The van der Waals surface area contributed by atoms with E-state index in [-0.39, 0.29) is 69.8 Å². The minimum Gasteiger partial charge on any atom is -0.460 e. The first-order chi connectivity index (χ1) is 43.3. The van der Waals surface area contributed by atoms with Crippen LogP contribution in [0.25, 0.3) is 0 Å². The monoisotopic (exact) mass is 1210 g/mol. The summed E-state index contributed by atoms with van der Waals surface area (Å²) in [6, 6.07) is 16.9. The second-order valence-electron chi connectivity index (χ2n) is 25.5. The fourth-order valence-corrected chi connectivity index (χ4v) is 17.4. The molecule has 3 heterocycles. The van der Waals surface area contributed by atoms with Crippen molar-refractivity contribution >= 4 is 47.9 Å². The number of hydrogen-bond donors (Lipinski definition) is 2. The normalized spacial score (nSPS) is 39.1. The lowest BCUT2D eigenvalue weighted by Gasteiger charge is -2.43. The summed E-state index contributed by atoms with van der Waals surface area (Å²) in [6.07, 6.45) is -4.89. The van der Waals surface area contributed by atoms with Crippen molar-refractivity contribution in [1.29, 1.82) is 0 Å². The molecular weight excluding hydrogens is 1090 g/mol. The number of piperidine rings is 1. The Hall–Kier alpha value is -4.49. The Morgan fingerprint density at radius 1 is 0.824 bits per heavy atom. The Morgan fingerprint density at radius 2 is 1.51 bits per heavy atom. The van der Waals surface area contributed by atoms with E-state index in [0.717, 1.165) is 20.8 Å². The number of nitrogens with zero attached hydrogens (tertiary/aromatic N) is 1. The van der Waals surface area contributed by atoms with Crippen molar-refractivity contribution in [3.05, 3.63) is 96.6 Å². The number of allylic oxidation sites excluding steroid dienone is 5. The topological polar surface area (TPSA) is 194 Å². The van der Waals surface area contributed by atoms with Crippen molar-refractivity contribution in [2.24, 2.45) is 41.4 Å². The highest BCUT2D eigenvalue weighted by Crippen LogP contribution is 2.40. The molecule has 16 heteroatoms. The number of aliphatic hydroxyl groups is 2. The Bertz CT molecular complexity index is 2910. The molecule has 2 aromatic rings. The molecule has 1 amide bonds. The molecule has 85 heavy (non-hydrogen) atoms. The number of benzene rings is 2. The maximum Gasteiger partial charge on any atom is 0.329 e. The summed E-state index contributed by atoms with van der Waals surface area (Å²) in [5.41, 5.74) is 0.802. The number of aliphatic hydroxyl groups excluding tert-OH is 1. The van der Waals surface area contributed by atoms with Crippen LogP contribution in [0.2, 0.25) is 5.04 Å². The van der Waals surface area contributed by atoms with Gasteiger partial charge in [0.25, 0.3) is 20.0 Å². The third kappa shape index (κ3) is 17.6. The van der Waals surface area contributed by atoms with Gasteiger partial charge in [-0.05, 0) is 122 Å². The summed E-state index contributed by atoms with van der Waals surface area (Å²) in [5.74, 6) is -12.5. The molecule has 15 nitrogen and oxygen atoms in total. The number of esters is 1. The Balaban J connectivity index is 1.34. The largest absolute Gasteiger partial charge is 0.460 e. The molecule has 16 atom stereocenters. The van der Waals surface area contributed by atoms with Crippen molar-refractivity contribution in [1.82, 2.24) is 4.90 Å². The van der Waals surface area contributed by atoms with Gasteiger partial charge < -0.3 is 48.0 Å². The summed E-state index contributed by atoms with van der Waals surface area (Å²) < 4.78 is 116. The average Bonchev–Trinajstić information content (AvgIpc) is 0.732. The second kappa shape index (κ2) is 32.1. The van der Waals surface area contributed by atoms with Crippen molar-refractivity contribution in [3.63, 3.8) is 0 Å². The molecule has 0 spiro atoms. The molecule has 3 fully saturated rings. The molecular formula is C69H103NO14Si. The number of amides is 1. The van der Waals surface area contributed by atoms with Crippen LogP contribution in [0.1, 0.15) is 164 Å². The third-order valence-electron chi connectivity index (χ3n) is 18.0. The number of ketones is 3. The molecule has 0 aromatic heterocycles. The quantitative estimate of drug-likeness (QED) is 0.0833. The molecule has 3 aliphatic heterocycles. The molecule has 2 aromatic carbocycles. The number of methoxy groups -OCH3 is 3. The number of ether oxygens (including phenoxy) is 6. The highest BCUT2D eigenvalue weighted by molar-refractivity contribution is 6.99. The number of hydrogen-bond acceptors (Lipinski definition) is 14. The zero-order valence-corrected chi connectivity index (χ0v) is 53.4. The zero-order chi connectivity index (χ0) is 69.3.